The van der Waals surface area contributed by atoms with Gasteiger partial charge in [0.1, 0.15) is 0 Å². The standard InChI is InChI=1S/C13H16N2O3/c1-15(12(18)13(14)7-2-8-13)10-5-3-9(4-6-10)11(16)17/h3-6H,2,7-8,14H2,1H3,(H,16,17). The van der Waals surface area contributed by atoms with E-state index in [0.29, 0.717) is 18.5 Å². The highest BCUT2D eigenvalue weighted by Gasteiger charge is 2.42. The van der Waals surface area contributed by atoms with Crippen molar-refractivity contribution in [3.05, 3.63) is 29.8 Å². The number of rotatable bonds is 3. The molecule has 0 aromatic heterocycles. The first kappa shape index (κ1) is 12.6. The fourth-order valence-corrected chi connectivity index (χ4v) is 2.05. The van der Waals surface area contributed by atoms with Crippen LogP contribution in [0.3, 0.4) is 0 Å². The second-order valence-electron chi connectivity index (χ2n) is 4.73. The van der Waals surface area contributed by atoms with Crippen LogP contribution in [-0.4, -0.2) is 29.6 Å². The average Bonchev–Trinajstić information content (AvgIpc) is 2.34. The van der Waals surface area contributed by atoms with E-state index in [-0.39, 0.29) is 11.5 Å². The van der Waals surface area contributed by atoms with Crippen LogP contribution in [0, 0.1) is 0 Å². The van der Waals surface area contributed by atoms with Crippen LogP contribution in [0.15, 0.2) is 24.3 Å². The number of amides is 1. The van der Waals surface area contributed by atoms with Gasteiger partial charge in [0, 0.05) is 12.7 Å². The number of likely N-dealkylation sites (N-methyl/N-ethyl adjacent to an activating group) is 1. The Balaban J connectivity index is 2.15. The number of carboxylic acids is 1. The molecule has 0 heterocycles. The maximum atomic E-state index is 12.2. The van der Waals surface area contributed by atoms with Crippen LogP contribution in [-0.2, 0) is 4.79 Å². The molecule has 0 radical (unpaired) electrons. The van der Waals surface area contributed by atoms with Crippen molar-refractivity contribution in [1.29, 1.82) is 0 Å². The van der Waals surface area contributed by atoms with Gasteiger partial charge in [-0.3, -0.25) is 4.79 Å². The summed E-state index contributed by atoms with van der Waals surface area (Å²) in [4.78, 5) is 24.4. The van der Waals surface area contributed by atoms with Crippen molar-refractivity contribution in [2.24, 2.45) is 5.73 Å². The number of carbonyl (C=O) groups excluding carboxylic acids is 1. The third-order valence-electron chi connectivity index (χ3n) is 3.48. The molecule has 1 aromatic rings. The minimum Gasteiger partial charge on any atom is -0.478 e. The Kier molecular flexibility index (Phi) is 3.09. The highest BCUT2D eigenvalue weighted by atomic mass is 16.4. The van der Waals surface area contributed by atoms with E-state index >= 15 is 0 Å². The maximum absolute atomic E-state index is 12.2. The van der Waals surface area contributed by atoms with Gasteiger partial charge >= 0.3 is 5.97 Å². The zero-order chi connectivity index (χ0) is 13.3. The lowest BCUT2D eigenvalue weighted by Gasteiger charge is -2.39. The summed E-state index contributed by atoms with van der Waals surface area (Å²) in [5, 5.41) is 8.80. The molecule has 0 unspecified atom stereocenters. The number of aromatic carboxylic acids is 1. The molecule has 0 aliphatic heterocycles. The average molecular weight is 248 g/mol. The largest absolute Gasteiger partial charge is 0.478 e. The van der Waals surface area contributed by atoms with Gasteiger partial charge in [0.2, 0.25) is 5.91 Å². The molecule has 5 nitrogen and oxygen atoms in total. The molecule has 0 spiro atoms. The van der Waals surface area contributed by atoms with E-state index in [9.17, 15) is 9.59 Å². The lowest BCUT2D eigenvalue weighted by Crippen LogP contribution is -2.59. The van der Waals surface area contributed by atoms with Gasteiger partial charge in [-0.1, -0.05) is 0 Å². The third-order valence-corrected chi connectivity index (χ3v) is 3.48. The Morgan fingerprint density at radius 1 is 1.28 bits per heavy atom. The number of carbonyl (C=O) groups is 2. The van der Waals surface area contributed by atoms with Crippen molar-refractivity contribution in [2.75, 3.05) is 11.9 Å². The van der Waals surface area contributed by atoms with E-state index in [4.69, 9.17) is 10.8 Å². The first-order valence-electron chi connectivity index (χ1n) is 5.84. The lowest BCUT2D eigenvalue weighted by atomic mass is 9.76. The normalized spacial score (nSPS) is 16.8. The summed E-state index contributed by atoms with van der Waals surface area (Å²) in [6.45, 7) is 0. The summed E-state index contributed by atoms with van der Waals surface area (Å²) in [6, 6.07) is 6.18. The van der Waals surface area contributed by atoms with Gasteiger partial charge in [0.05, 0.1) is 11.1 Å². The zero-order valence-electron chi connectivity index (χ0n) is 10.2. The molecule has 0 bridgehead atoms. The fraction of sp³-hybridized carbons (Fsp3) is 0.385. The van der Waals surface area contributed by atoms with Gasteiger partial charge in [0.15, 0.2) is 0 Å². The number of benzene rings is 1. The van der Waals surface area contributed by atoms with Crippen LogP contribution in [0.1, 0.15) is 29.6 Å². The SMILES string of the molecule is CN(C(=O)C1(N)CCC1)c1ccc(C(=O)O)cc1. The second kappa shape index (κ2) is 4.42. The van der Waals surface area contributed by atoms with Gasteiger partial charge in [-0.15, -0.1) is 0 Å². The molecule has 1 aliphatic carbocycles. The van der Waals surface area contributed by atoms with Crippen molar-refractivity contribution in [3.63, 3.8) is 0 Å². The Labute approximate surface area is 105 Å². The number of nitrogens with two attached hydrogens (primary N) is 1. The lowest BCUT2D eigenvalue weighted by molar-refractivity contribution is -0.126. The van der Waals surface area contributed by atoms with Gasteiger partial charge in [-0.25, -0.2) is 4.79 Å². The Bertz CT molecular complexity index is 478. The van der Waals surface area contributed by atoms with E-state index in [1.54, 1.807) is 19.2 Å². The quantitative estimate of drug-likeness (QED) is 0.842. The van der Waals surface area contributed by atoms with Gasteiger partial charge in [-0.2, -0.15) is 0 Å². The van der Waals surface area contributed by atoms with Crippen LogP contribution >= 0.6 is 0 Å². The van der Waals surface area contributed by atoms with Crippen molar-refractivity contribution in [2.45, 2.75) is 24.8 Å². The molecule has 0 saturated heterocycles. The van der Waals surface area contributed by atoms with E-state index in [1.165, 1.54) is 17.0 Å². The Morgan fingerprint density at radius 2 is 1.83 bits per heavy atom. The predicted octanol–water partition coefficient (Wildman–Crippen LogP) is 1.23. The molecule has 1 fully saturated rings. The highest BCUT2D eigenvalue weighted by Crippen LogP contribution is 2.32. The van der Waals surface area contributed by atoms with Crippen LogP contribution in [0.2, 0.25) is 0 Å². The number of hydrogen-bond donors (Lipinski definition) is 2. The van der Waals surface area contributed by atoms with Crippen molar-refractivity contribution in [3.8, 4) is 0 Å². The molecule has 2 rings (SSSR count). The molecule has 1 aliphatic rings. The van der Waals surface area contributed by atoms with Crippen LogP contribution < -0.4 is 10.6 Å². The highest BCUT2D eigenvalue weighted by molar-refractivity contribution is 6.00. The first-order valence-corrected chi connectivity index (χ1v) is 5.84. The van der Waals surface area contributed by atoms with Gasteiger partial charge in [-0.05, 0) is 43.5 Å². The number of hydrogen-bond acceptors (Lipinski definition) is 3. The molecule has 1 aromatic carbocycles. The summed E-state index contributed by atoms with van der Waals surface area (Å²) in [5.74, 6) is -1.10. The number of carboxylic acid groups (broad SMARTS) is 1. The van der Waals surface area contributed by atoms with Crippen LogP contribution in [0.4, 0.5) is 5.69 Å². The molecular formula is C13H16N2O3. The van der Waals surface area contributed by atoms with Crippen molar-refractivity contribution in [1.82, 2.24) is 0 Å². The van der Waals surface area contributed by atoms with Gasteiger partial charge in [0.25, 0.3) is 0 Å². The number of anilines is 1. The van der Waals surface area contributed by atoms with E-state index in [2.05, 4.69) is 0 Å². The molecule has 5 heteroatoms. The minimum atomic E-state index is -0.982. The third kappa shape index (κ3) is 2.09. The summed E-state index contributed by atoms with van der Waals surface area (Å²) in [6.07, 6.45) is 2.40. The molecule has 18 heavy (non-hydrogen) atoms. The zero-order valence-corrected chi connectivity index (χ0v) is 10.2. The first-order chi connectivity index (χ1) is 8.44. The summed E-state index contributed by atoms with van der Waals surface area (Å²) < 4.78 is 0. The molecular weight excluding hydrogens is 232 g/mol. The monoisotopic (exact) mass is 248 g/mol. The van der Waals surface area contributed by atoms with Crippen molar-refractivity contribution < 1.29 is 14.7 Å². The summed E-state index contributed by atoms with van der Waals surface area (Å²) in [7, 11) is 1.66. The molecule has 0 atom stereocenters. The molecule has 1 amide bonds. The second-order valence-corrected chi connectivity index (χ2v) is 4.73. The molecule has 3 N–H and O–H groups in total. The van der Waals surface area contributed by atoms with E-state index < -0.39 is 11.5 Å². The van der Waals surface area contributed by atoms with Crippen LogP contribution in [0.25, 0.3) is 0 Å². The van der Waals surface area contributed by atoms with E-state index in [1.807, 2.05) is 0 Å². The molecule has 96 valence electrons. The summed E-state index contributed by atoms with van der Waals surface area (Å²) >= 11 is 0. The fourth-order valence-electron chi connectivity index (χ4n) is 2.05. The smallest absolute Gasteiger partial charge is 0.335 e. The number of nitrogens with zero attached hydrogens (tertiary/aromatic N) is 1. The molecule has 1 saturated carbocycles. The van der Waals surface area contributed by atoms with E-state index in [0.717, 1.165) is 6.42 Å². The summed E-state index contributed by atoms with van der Waals surface area (Å²) in [5.41, 5.74) is 6.10. The maximum Gasteiger partial charge on any atom is 0.335 e. The Hall–Kier alpha value is -1.88. The predicted molar refractivity (Wildman–Crippen MR) is 67.6 cm³/mol. The Morgan fingerprint density at radius 3 is 2.22 bits per heavy atom. The minimum absolute atomic E-state index is 0.114. The van der Waals surface area contributed by atoms with Crippen molar-refractivity contribution >= 4 is 17.6 Å². The van der Waals surface area contributed by atoms with Crippen LogP contribution in [0.5, 0.6) is 0 Å². The van der Waals surface area contributed by atoms with Gasteiger partial charge < -0.3 is 15.7 Å². The topological polar surface area (TPSA) is 83.6 Å².